The molecule has 0 unspecified atom stereocenters. The Labute approximate surface area is 120 Å². The SMILES string of the molecule is CC(C)Cc1cc(NN)c2c(Cl)c(F)c(Cl)cc2n1. The number of nitrogen functional groups attached to an aromatic ring is 1. The summed E-state index contributed by atoms with van der Waals surface area (Å²) in [7, 11) is 0. The fraction of sp³-hybridized carbons (Fsp3) is 0.308. The van der Waals surface area contributed by atoms with Gasteiger partial charge in [0.2, 0.25) is 0 Å². The highest BCUT2D eigenvalue weighted by Gasteiger charge is 2.16. The van der Waals surface area contributed by atoms with E-state index in [2.05, 4.69) is 24.3 Å². The molecule has 0 aliphatic heterocycles. The molecule has 19 heavy (non-hydrogen) atoms. The first-order valence-electron chi connectivity index (χ1n) is 5.87. The van der Waals surface area contributed by atoms with Gasteiger partial charge in [-0.25, -0.2) is 4.39 Å². The Hall–Kier alpha value is -1.10. The molecule has 1 heterocycles. The molecule has 0 aliphatic rings. The van der Waals surface area contributed by atoms with Crippen molar-refractivity contribution in [2.45, 2.75) is 20.3 Å². The zero-order valence-corrected chi connectivity index (χ0v) is 12.1. The molecule has 1 aromatic carbocycles. The minimum Gasteiger partial charge on any atom is -0.323 e. The first kappa shape index (κ1) is 14.3. The van der Waals surface area contributed by atoms with Crippen LogP contribution in [0.1, 0.15) is 19.5 Å². The summed E-state index contributed by atoms with van der Waals surface area (Å²) >= 11 is 11.8. The molecule has 3 nitrogen and oxygen atoms in total. The zero-order chi connectivity index (χ0) is 14.2. The van der Waals surface area contributed by atoms with Gasteiger partial charge in [-0.1, -0.05) is 37.0 Å². The molecule has 0 saturated heterocycles. The molecule has 0 radical (unpaired) electrons. The number of rotatable bonds is 3. The number of benzene rings is 1. The van der Waals surface area contributed by atoms with Gasteiger partial charge in [-0.15, -0.1) is 0 Å². The molecule has 0 fully saturated rings. The first-order valence-corrected chi connectivity index (χ1v) is 6.63. The summed E-state index contributed by atoms with van der Waals surface area (Å²) in [5.74, 6) is 5.27. The molecule has 0 bridgehead atoms. The number of hydrazine groups is 1. The van der Waals surface area contributed by atoms with Crippen LogP contribution in [0.2, 0.25) is 10.0 Å². The van der Waals surface area contributed by atoms with Crippen LogP contribution in [-0.4, -0.2) is 4.98 Å². The maximum Gasteiger partial charge on any atom is 0.161 e. The van der Waals surface area contributed by atoms with Crippen molar-refractivity contribution in [1.29, 1.82) is 0 Å². The number of anilines is 1. The second-order valence-electron chi connectivity index (χ2n) is 4.78. The van der Waals surface area contributed by atoms with Crippen molar-refractivity contribution in [1.82, 2.24) is 4.98 Å². The maximum atomic E-state index is 13.7. The number of hydrogen-bond donors (Lipinski definition) is 2. The number of nitrogens with zero attached hydrogens (tertiary/aromatic N) is 1. The molecule has 6 heteroatoms. The summed E-state index contributed by atoms with van der Waals surface area (Å²) in [4.78, 5) is 4.46. The number of nitrogens with one attached hydrogen (secondary N) is 1. The number of hydrogen-bond acceptors (Lipinski definition) is 3. The van der Waals surface area contributed by atoms with E-state index >= 15 is 0 Å². The van der Waals surface area contributed by atoms with Gasteiger partial charge in [0.1, 0.15) is 0 Å². The zero-order valence-electron chi connectivity index (χ0n) is 10.6. The van der Waals surface area contributed by atoms with Crippen molar-refractivity contribution in [3.05, 3.63) is 33.7 Å². The van der Waals surface area contributed by atoms with E-state index < -0.39 is 5.82 Å². The van der Waals surface area contributed by atoms with E-state index in [1.54, 1.807) is 6.07 Å². The Morgan fingerprint density at radius 1 is 1.37 bits per heavy atom. The van der Waals surface area contributed by atoms with Gasteiger partial charge in [0.25, 0.3) is 0 Å². The van der Waals surface area contributed by atoms with Crippen molar-refractivity contribution in [3.8, 4) is 0 Å². The molecular weight excluding hydrogens is 288 g/mol. The quantitative estimate of drug-likeness (QED) is 0.508. The highest BCUT2D eigenvalue weighted by molar-refractivity contribution is 6.39. The highest BCUT2D eigenvalue weighted by atomic mass is 35.5. The van der Waals surface area contributed by atoms with Crippen LogP contribution in [0.15, 0.2) is 12.1 Å². The summed E-state index contributed by atoms with van der Waals surface area (Å²) < 4.78 is 13.7. The van der Waals surface area contributed by atoms with Crippen molar-refractivity contribution in [2.75, 3.05) is 5.43 Å². The fourth-order valence-electron chi connectivity index (χ4n) is 1.99. The van der Waals surface area contributed by atoms with Crippen LogP contribution in [0.4, 0.5) is 10.1 Å². The lowest BCUT2D eigenvalue weighted by atomic mass is 10.1. The Morgan fingerprint density at radius 3 is 2.63 bits per heavy atom. The van der Waals surface area contributed by atoms with Crippen LogP contribution >= 0.6 is 23.2 Å². The third kappa shape index (κ3) is 2.76. The summed E-state index contributed by atoms with van der Waals surface area (Å²) in [5, 5.41) is 0.326. The molecule has 0 aliphatic carbocycles. The number of nitrogens with two attached hydrogens (primary N) is 1. The monoisotopic (exact) mass is 301 g/mol. The van der Waals surface area contributed by atoms with Gasteiger partial charge in [-0.2, -0.15) is 0 Å². The molecular formula is C13H14Cl2FN3. The molecule has 0 saturated carbocycles. The maximum absolute atomic E-state index is 13.7. The largest absolute Gasteiger partial charge is 0.323 e. The fourth-order valence-corrected chi connectivity index (χ4v) is 2.54. The van der Waals surface area contributed by atoms with E-state index in [1.165, 1.54) is 6.07 Å². The van der Waals surface area contributed by atoms with E-state index in [0.29, 0.717) is 22.5 Å². The van der Waals surface area contributed by atoms with Gasteiger partial charge in [-0.3, -0.25) is 10.8 Å². The lowest BCUT2D eigenvalue weighted by molar-refractivity contribution is 0.629. The Balaban J connectivity index is 2.73. The van der Waals surface area contributed by atoms with E-state index in [9.17, 15) is 4.39 Å². The highest BCUT2D eigenvalue weighted by Crippen LogP contribution is 2.35. The van der Waals surface area contributed by atoms with Crippen LogP contribution in [0.5, 0.6) is 0 Å². The van der Waals surface area contributed by atoms with Crippen molar-refractivity contribution in [3.63, 3.8) is 0 Å². The summed E-state index contributed by atoms with van der Waals surface area (Å²) in [6, 6.07) is 3.24. The van der Waals surface area contributed by atoms with Gasteiger partial charge >= 0.3 is 0 Å². The minimum absolute atomic E-state index is 0.0466. The molecule has 102 valence electrons. The Kier molecular flexibility index (Phi) is 4.13. The molecule has 0 atom stereocenters. The Morgan fingerprint density at radius 2 is 2.05 bits per heavy atom. The van der Waals surface area contributed by atoms with Gasteiger partial charge in [0.15, 0.2) is 5.82 Å². The van der Waals surface area contributed by atoms with Crippen LogP contribution in [0.3, 0.4) is 0 Å². The lowest BCUT2D eigenvalue weighted by Gasteiger charge is -2.12. The number of aromatic nitrogens is 1. The van der Waals surface area contributed by atoms with Gasteiger partial charge in [0.05, 0.1) is 21.2 Å². The van der Waals surface area contributed by atoms with E-state index in [4.69, 9.17) is 29.0 Å². The van der Waals surface area contributed by atoms with E-state index in [1.807, 2.05) is 0 Å². The second kappa shape index (κ2) is 5.49. The summed E-state index contributed by atoms with van der Waals surface area (Å²) in [5.41, 5.74) is 4.47. The van der Waals surface area contributed by atoms with Gasteiger partial charge < -0.3 is 5.43 Å². The van der Waals surface area contributed by atoms with Crippen LogP contribution < -0.4 is 11.3 Å². The topological polar surface area (TPSA) is 50.9 Å². The van der Waals surface area contributed by atoms with E-state index in [0.717, 1.165) is 12.1 Å². The molecule has 3 N–H and O–H groups in total. The van der Waals surface area contributed by atoms with Gasteiger partial charge in [-0.05, 0) is 24.5 Å². The number of fused-ring (bicyclic) bond motifs is 1. The summed E-state index contributed by atoms with van der Waals surface area (Å²) in [6.07, 6.45) is 0.789. The molecule has 2 aromatic rings. The minimum atomic E-state index is -0.661. The van der Waals surface area contributed by atoms with Crippen molar-refractivity contribution >= 4 is 39.8 Å². The van der Waals surface area contributed by atoms with Crippen molar-refractivity contribution in [2.24, 2.45) is 11.8 Å². The Bertz CT molecular complexity index is 629. The normalized spacial score (nSPS) is 11.3. The predicted octanol–water partition coefficient (Wildman–Crippen LogP) is 4.16. The van der Waals surface area contributed by atoms with Crippen LogP contribution in [0, 0.1) is 11.7 Å². The number of pyridine rings is 1. The lowest BCUT2D eigenvalue weighted by Crippen LogP contribution is -2.09. The van der Waals surface area contributed by atoms with E-state index in [-0.39, 0.29) is 10.0 Å². The van der Waals surface area contributed by atoms with Crippen molar-refractivity contribution < 1.29 is 4.39 Å². The standard InChI is InChI=1S/C13H14Cl2FN3/c1-6(2)3-7-4-10(19-17)11-9(18-7)5-8(14)13(16)12(11)15/h4-6H,3,17H2,1-2H3,(H,18,19). The van der Waals surface area contributed by atoms with Gasteiger partial charge in [0, 0.05) is 11.1 Å². The smallest absolute Gasteiger partial charge is 0.161 e. The molecule has 0 amide bonds. The second-order valence-corrected chi connectivity index (χ2v) is 5.57. The molecule has 0 spiro atoms. The predicted molar refractivity (Wildman–Crippen MR) is 78.1 cm³/mol. The third-order valence-corrected chi connectivity index (χ3v) is 3.39. The van der Waals surface area contributed by atoms with Crippen LogP contribution in [-0.2, 0) is 6.42 Å². The number of halogens is 3. The van der Waals surface area contributed by atoms with Crippen LogP contribution in [0.25, 0.3) is 10.9 Å². The molecule has 1 aromatic heterocycles. The average Bonchev–Trinajstić information content (AvgIpc) is 2.34. The molecule has 2 rings (SSSR count). The average molecular weight is 302 g/mol. The first-order chi connectivity index (χ1) is 8.93. The third-order valence-electron chi connectivity index (χ3n) is 2.76. The summed E-state index contributed by atoms with van der Waals surface area (Å²) in [6.45, 7) is 4.18.